The van der Waals surface area contributed by atoms with E-state index in [2.05, 4.69) is 0 Å². The predicted octanol–water partition coefficient (Wildman–Crippen LogP) is 3.20. The van der Waals surface area contributed by atoms with E-state index in [4.69, 9.17) is 5.26 Å². The molecule has 0 saturated carbocycles. The number of thiophene rings is 1. The summed E-state index contributed by atoms with van der Waals surface area (Å²) in [6.07, 6.45) is 0.450. The third kappa shape index (κ3) is 2.67. The minimum absolute atomic E-state index is 0.450. The first kappa shape index (κ1) is 13.3. The van der Waals surface area contributed by atoms with E-state index >= 15 is 0 Å². The lowest BCUT2D eigenvalue weighted by molar-refractivity contribution is -0.143. The van der Waals surface area contributed by atoms with Crippen molar-refractivity contribution in [3.8, 4) is 6.07 Å². The molecule has 1 heterocycles. The van der Waals surface area contributed by atoms with Crippen LogP contribution in [0.4, 0.5) is 0 Å². The first-order valence-corrected chi connectivity index (χ1v) is 6.70. The van der Waals surface area contributed by atoms with E-state index in [1.54, 1.807) is 42.5 Å². The average molecular weight is 271 g/mol. The van der Waals surface area contributed by atoms with Crippen molar-refractivity contribution in [1.82, 2.24) is 0 Å². The van der Waals surface area contributed by atoms with Gasteiger partial charge in [-0.15, -0.1) is 11.3 Å². The quantitative estimate of drug-likeness (QED) is 0.928. The first-order valence-electron chi connectivity index (χ1n) is 5.82. The molecule has 2 rings (SSSR count). The van der Waals surface area contributed by atoms with Crippen LogP contribution >= 0.6 is 11.3 Å². The molecule has 3 nitrogen and oxygen atoms in total. The Morgan fingerprint density at radius 3 is 2.53 bits per heavy atom. The van der Waals surface area contributed by atoms with Gasteiger partial charge in [-0.1, -0.05) is 18.2 Å². The van der Waals surface area contributed by atoms with Crippen LogP contribution in [0, 0.1) is 11.3 Å². The summed E-state index contributed by atoms with van der Waals surface area (Å²) in [4.78, 5) is 12.7. The highest BCUT2D eigenvalue weighted by molar-refractivity contribution is 7.09. The Hall–Kier alpha value is -2.12. The molecule has 0 radical (unpaired) electrons. The highest BCUT2D eigenvalue weighted by atomic mass is 32.1. The number of nitrogens with zero attached hydrogens (tertiary/aromatic N) is 1. The molecule has 0 aliphatic rings. The second kappa shape index (κ2) is 5.25. The lowest BCUT2D eigenvalue weighted by atomic mass is 9.79. The molecule has 0 aliphatic heterocycles. The Kier molecular flexibility index (Phi) is 3.68. The van der Waals surface area contributed by atoms with Crippen molar-refractivity contribution in [3.05, 3.63) is 57.8 Å². The number of benzene rings is 1. The van der Waals surface area contributed by atoms with E-state index in [-0.39, 0.29) is 0 Å². The third-order valence-corrected chi connectivity index (χ3v) is 4.11. The lowest BCUT2D eigenvalue weighted by Crippen LogP contribution is -2.34. The van der Waals surface area contributed by atoms with Gasteiger partial charge in [-0.25, -0.2) is 0 Å². The van der Waals surface area contributed by atoms with Gasteiger partial charge in [0, 0.05) is 11.3 Å². The monoisotopic (exact) mass is 271 g/mol. The van der Waals surface area contributed by atoms with Crippen molar-refractivity contribution < 1.29 is 9.90 Å². The number of rotatable bonds is 4. The van der Waals surface area contributed by atoms with Crippen LogP contribution in [-0.4, -0.2) is 11.1 Å². The molecule has 1 unspecified atom stereocenters. The summed E-state index contributed by atoms with van der Waals surface area (Å²) < 4.78 is 0. The summed E-state index contributed by atoms with van der Waals surface area (Å²) in [5.74, 6) is -0.856. The smallest absolute Gasteiger partial charge is 0.314 e. The molecule has 2 aromatic rings. The van der Waals surface area contributed by atoms with Gasteiger partial charge < -0.3 is 5.11 Å². The largest absolute Gasteiger partial charge is 0.481 e. The normalized spacial score (nSPS) is 13.5. The zero-order valence-corrected chi connectivity index (χ0v) is 11.3. The summed E-state index contributed by atoms with van der Waals surface area (Å²) in [6, 6.07) is 12.7. The van der Waals surface area contributed by atoms with Gasteiger partial charge >= 0.3 is 5.97 Å². The topological polar surface area (TPSA) is 61.1 Å². The van der Waals surface area contributed by atoms with Crippen molar-refractivity contribution in [2.75, 3.05) is 0 Å². The van der Waals surface area contributed by atoms with Gasteiger partial charge in [0.2, 0.25) is 0 Å². The third-order valence-electron chi connectivity index (χ3n) is 3.23. The molecule has 0 aliphatic carbocycles. The minimum Gasteiger partial charge on any atom is -0.481 e. The zero-order chi connectivity index (χ0) is 13.9. The maximum absolute atomic E-state index is 11.6. The van der Waals surface area contributed by atoms with E-state index in [1.807, 2.05) is 23.6 Å². The summed E-state index contributed by atoms with van der Waals surface area (Å²) in [6.45, 7) is 1.72. The number of carbonyl (C=O) groups is 1. The second-order valence-electron chi connectivity index (χ2n) is 4.58. The summed E-state index contributed by atoms with van der Waals surface area (Å²) in [7, 11) is 0. The van der Waals surface area contributed by atoms with Crippen molar-refractivity contribution >= 4 is 17.3 Å². The van der Waals surface area contributed by atoms with Crippen molar-refractivity contribution in [1.29, 1.82) is 5.26 Å². The zero-order valence-electron chi connectivity index (χ0n) is 10.5. The number of carboxylic acids is 1. The molecule has 0 bridgehead atoms. The molecule has 1 aromatic carbocycles. The molecule has 0 spiro atoms. The standard InChI is InChI=1S/C15H13NO2S/c1-15(14(17)18,9-13-3-2-8-19-13)12-6-4-11(10-16)5-7-12/h2-8H,9H2,1H3,(H,17,18). The van der Waals surface area contributed by atoms with Gasteiger partial charge in [-0.05, 0) is 36.1 Å². The number of aliphatic carboxylic acids is 1. The summed E-state index contributed by atoms with van der Waals surface area (Å²) in [5.41, 5.74) is 0.277. The Bertz CT molecular complexity index is 611. The number of hydrogen-bond acceptors (Lipinski definition) is 3. The summed E-state index contributed by atoms with van der Waals surface area (Å²) in [5, 5.41) is 20.3. The van der Waals surface area contributed by atoms with E-state index in [0.717, 1.165) is 4.88 Å². The van der Waals surface area contributed by atoms with Crippen LogP contribution in [-0.2, 0) is 16.6 Å². The van der Waals surface area contributed by atoms with Crippen LogP contribution in [0.15, 0.2) is 41.8 Å². The number of nitriles is 1. The SMILES string of the molecule is CC(Cc1cccs1)(C(=O)O)c1ccc(C#N)cc1. The van der Waals surface area contributed by atoms with Gasteiger partial charge in [-0.2, -0.15) is 5.26 Å². The van der Waals surface area contributed by atoms with Gasteiger partial charge in [-0.3, -0.25) is 4.79 Å². The molecule has 0 amide bonds. The lowest BCUT2D eigenvalue weighted by Gasteiger charge is -2.24. The van der Waals surface area contributed by atoms with Crippen molar-refractivity contribution in [2.45, 2.75) is 18.8 Å². The molecule has 4 heteroatoms. The molecule has 96 valence electrons. The Morgan fingerprint density at radius 2 is 2.05 bits per heavy atom. The van der Waals surface area contributed by atoms with Gasteiger partial charge in [0.05, 0.1) is 17.0 Å². The van der Waals surface area contributed by atoms with Crippen LogP contribution < -0.4 is 0 Å². The number of hydrogen-bond donors (Lipinski definition) is 1. The fourth-order valence-corrected chi connectivity index (χ4v) is 2.84. The molecule has 1 N–H and O–H groups in total. The van der Waals surface area contributed by atoms with Crippen LogP contribution in [0.25, 0.3) is 0 Å². The van der Waals surface area contributed by atoms with Crippen LogP contribution in [0.5, 0.6) is 0 Å². The van der Waals surface area contributed by atoms with Crippen LogP contribution in [0.2, 0.25) is 0 Å². The average Bonchev–Trinajstić information content (AvgIpc) is 2.91. The van der Waals surface area contributed by atoms with Gasteiger partial charge in [0.25, 0.3) is 0 Å². The van der Waals surface area contributed by atoms with E-state index < -0.39 is 11.4 Å². The molecule has 19 heavy (non-hydrogen) atoms. The van der Waals surface area contributed by atoms with Crippen LogP contribution in [0.1, 0.15) is 22.9 Å². The fraction of sp³-hybridized carbons (Fsp3) is 0.200. The number of carboxylic acid groups (broad SMARTS) is 1. The van der Waals surface area contributed by atoms with Crippen LogP contribution in [0.3, 0.4) is 0 Å². The fourth-order valence-electron chi connectivity index (χ4n) is 1.98. The Morgan fingerprint density at radius 1 is 1.37 bits per heavy atom. The molecular weight excluding hydrogens is 258 g/mol. The Balaban J connectivity index is 2.38. The van der Waals surface area contributed by atoms with Gasteiger partial charge in [0.1, 0.15) is 0 Å². The van der Waals surface area contributed by atoms with E-state index in [9.17, 15) is 9.90 Å². The van der Waals surface area contributed by atoms with E-state index in [0.29, 0.717) is 17.5 Å². The molecule has 0 fully saturated rings. The van der Waals surface area contributed by atoms with Gasteiger partial charge in [0.15, 0.2) is 0 Å². The highest BCUT2D eigenvalue weighted by Gasteiger charge is 2.35. The minimum atomic E-state index is -0.973. The second-order valence-corrected chi connectivity index (χ2v) is 5.61. The van der Waals surface area contributed by atoms with Crippen molar-refractivity contribution in [3.63, 3.8) is 0 Å². The van der Waals surface area contributed by atoms with Crippen molar-refractivity contribution in [2.24, 2.45) is 0 Å². The van der Waals surface area contributed by atoms with E-state index in [1.165, 1.54) is 0 Å². The predicted molar refractivity (Wildman–Crippen MR) is 74.2 cm³/mol. The first-order chi connectivity index (χ1) is 9.06. The maximum atomic E-state index is 11.6. The molecule has 1 atom stereocenters. The molecule has 1 aromatic heterocycles. The molecular formula is C15H13NO2S. The Labute approximate surface area is 115 Å². The summed E-state index contributed by atoms with van der Waals surface area (Å²) >= 11 is 1.55. The maximum Gasteiger partial charge on any atom is 0.314 e. The highest BCUT2D eigenvalue weighted by Crippen LogP contribution is 2.30. The molecule has 0 saturated heterocycles.